The molecule has 10 heteroatoms. The number of amides is 1. The first-order chi connectivity index (χ1) is 15.0. The first kappa shape index (κ1) is 19.8. The number of aryl methyl sites for hydroxylation is 3. The summed E-state index contributed by atoms with van der Waals surface area (Å²) >= 11 is 3.16. The van der Waals surface area contributed by atoms with Gasteiger partial charge in [-0.15, -0.1) is 22.7 Å². The van der Waals surface area contributed by atoms with E-state index in [-0.39, 0.29) is 5.91 Å². The summed E-state index contributed by atoms with van der Waals surface area (Å²) < 4.78 is 1.89. The molecule has 0 fully saturated rings. The van der Waals surface area contributed by atoms with E-state index in [0.717, 1.165) is 38.4 Å². The standard InChI is InChI=1S/C21H21N7OS2/c1-12-19(31-13(2)24-12)16-11-30-21(25-16)26-18-5-4-14(8-22-18)20(29)28-7-6-17-15(10-28)9-23-27(17)3/h4-5,8-9,11H,6-7,10H2,1-3H3,(H,22,25,26). The van der Waals surface area contributed by atoms with E-state index in [9.17, 15) is 4.79 Å². The average Bonchev–Trinajstić information content (AvgIpc) is 3.47. The Labute approximate surface area is 187 Å². The van der Waals surface area contributed by atoms with Gasteiger partial charge in [-0.2, -0.15) is 5.10 Å². The molecule has 1 aliphatic rings. The van der Waals surface area contributed by atoms with Crippen LogP contribution in [0.4, 0.5) is 10.9 Å². The first-order valence-corrected chi connectivity index (χ1v) is 11.6. The second-order valence-electron chi connectivity index (χ2n) is 7.46. The number of nitrogens with one attached hydrogen (secondary N) is 1. The Morgan fingerprint density at radius 1 is 1.19 bits per heavy atom. The smallest absolute Gasteiger partial charge is 0.255 e. The fourth-order valence-electron chi connectivity index (χ4n) is 3.75. The molecular formula is C21H21N7OS2. The maximum absolute atomic E-state index is 12.9. The number of nitrogens with zero attached hydrogens (tertiary/aromatic N) is 6. The van der Waals surface area contributed by atoms with Gasteiger partial charge >= 0.3 is 0 Å². The second-order valence-corrected chi connectivity index (χ2v) is 9.52. The van der Waals surface area contributed by atoms with Crippen LogP contribution in [-0.2, 0) is 20.0 Å². The number of aromatic nitrogens is 5. The van der Waals surface area contributed by atoms with Crippen LogP contribution in [-0.4, -0.2) is 42.1 Å². The lowest BCUT2D eigenvalue weighted by Gasteiger charge is -2.27. The summed E-state index contributed by atoms with van der Waals surface area (Å²) in [6.45, 7) is 5.27. The highest BCUT2D eigenvalue weighted by molar-refractivity contribution is 7.16. The molecule has 5 rings (SSSR count). The number of carbonyl (C=O) groups is 1. The summed E-state index contributed by atoms with van der Waals surface area (Å²) in [7, 11) is 1.94. The fraction of sp³-hybridized carbons (Fsp3) is 0.286. The van der Waals surface area contributed by atoms with Crippen LogP contribution in [0.1, 0.15) is 32.3 Å². The molecule has 1 aliphatic heterocycles. The highest BCUT2D eigenvalue weighted by Gasteiger charge is 2.24. The number of carbonyl (C=O) groups excluding carboxylic acids is 1. The number of pyridine rings is 1. The van der Waals surface area contributed by atoms with E-state index in [1.807, 2.05) is 54.2 Å². The molecule has 4 aromatic heterocycles. The van der Waals surface area contributed by atoms with Gasteiger partial charge in [-0.1, -0.05) is 0 Å². The monoisotopic (exact) mass is 451 g/mol. The van der Waals surface area contributed by atoms with E-state index in [1.165, 1.54) is 17.0 Å². The van der Waals surface area contributed by atoms with E-state index in [0.29, 0.717) is 24.5 Å². The summed E-state index contributed by atoms with van der Waals surface area (Å²) in [5.41, 5.74) is 4.81. The van der Waals surface area contributed by atoms with Gasteiger partial charge in [0, 0.05) is 49.4 Å². The molecule has 0 bridgehead atoms. The molecule has 0 aromatic carbocycles. The third-order valence-electron chi connectivity index (χ3n) is 5.30. The van der Waals surface area contributed by atoms with Gasteiger partial charge in [0.15, 0.2) is 5.13 Å². The van der Waals surface area contributed by atoms with Crippen molar-refractivity contribution < 1.29 is 4.79 Å². The lowest BCUT2D eigenvalue weighted by molar-refractivity contribution is 0.0733. The van der Waals surface area contributed by atoms with Gasteiger partial charge in [0.05, 0.1) is 33.0 Å². The molecule has 0 radical (unpaired) electrons. The highest BCUT2D eigenvalue weighted by atomic mass is 32.1. The zero-order valence-corrected chi connectivity index (χ0v) is 19.0. The van der Waals surface area contributed by atoms with Gasteiger partial charge in [-0.05, 0) is 26.0 Å². The molecule has 0 atom stereocenters. The zero-order chi connectivity index (χ0) is 21.5. The van der Waals surface area contributed by atoms with Crippen LogP contribution in [0.25, 0.3) is 10.6 Å². The molecule has 31 heavy (non-hydrogen) atoms. The molecule has 0 aliphatic carbocycles. The minimum Gasteiger partial charge on any atom is -0.334 e. The molecule has 0 saturated carbocycles. The zero-order valence-electron chi connectivity index (χ0n) is 17.4. The van der Waals surface area contributed by atoms with Gasteiger partial charge in [0.25, 0.3) is 5.91 Å². The van der Waals surface area contributed by atoms with Crippen molar-refractivity contribution in [1.82, 2.24) is 29.6 Å². The van der Waals surface area contributed by atoms with Crippen LogP contribution in [0.15, 0.2) is 29.9 Å². The normalized spacial score (nSPS) is 13.3. The number of hydrogen-bond donors (Lipinski definition) is 1. The molecular weight excluding hydrogens is 430 g/mol. The van der Waals surface area contributed by atoms with Crippen LogP contribution in [0, 0.1) is 13.8 Å². The Kier molecular flexibility index (Phi) is 5.03. The third-order valence-corrected chi connectivity index (χ3v) is 7.15. The maximum atomic E-state index is 12.9. The first-order valence-electron chi connectivity index (χ1n) is 9.90. The number of rotatable bonds is 4. The Balaban J connectivity index is 1.26. The third kappa shape index (κ3) is 3.84. The second kappa shape index (κ2) is 7.86. The van der Waals surface area contributed by atoms with Crippen molar-refractivity contribution in [3.05, 3.63) is 57.4 Å². The van der Waals surface area contributed by atoms with Crippen molar-refractivity contribution in [2.24, 2.45) is 7.05 Å². The molecule has 1 amide bonds. The summed E-state index contributed by atoms with van der Waals surface area (Å²) in [5, 5.41) is 11.3. The lowest BCUT2D eigenvalue weighted by atomic mass is 10.1. The predicted octanol–water partition coefficient (Wildman–Crippen LogP) is 3.95. The molecule has 158 valence electrons. The number of thiazole rings is 2. The largest absolute Gasteiger partial charge is 0.334 e. The van der Waals surface area contributed by atoms with Crippen molar-refractivity contribution in [3.63, 3.8) is 0 Å². The molecule has 4 aromatic rings. The van der Waals surface area contributed by atoms with Crippen LogP contribution in [0.2, 0.25) is 0 Å². The van der Waals surface area contributed by atoms with Crippen LogP contribution >= 0.6 is 22.7 Å². The topological polar surface area (TPSA) is 88.8 Å². The SMILES string of the molecule is Cc1nc(C)c(-c2csc(Nc3ccc(C(=O)N4CCc5c(cnn5C)C4)cn3)n2)s1. The van der Waals surface area contributed by atoms with Crippen molar-refractivity contribution in [2.45, 2.75) is 26.8 Å². The molecule has 0 saturated heterocycles. The van der Waals surface area contributed by atoms with E-state index in [4.69, 9.17) is 0 Å². The summed E-state index contributed by atoms with van der Waals surface area (Å²) in [6.07, 6.45) is 4.28. The van der Waals surface area contributed by atoms with Crippen molar-refractivity contribution in [3.8, 4) is 10.6 Å². The number of fused-ring (bicyclic) bond motifs is 1. The van der Waals surface area contributed by atoms with Crippen molar-refractivity contribution in [2.75, 3.05) is 11.9 Å². The predicted molar refractivity (Wildman–Crippen MR) is 122 cm³/mol. The Morgan fingerprint density at radius 3 is 2.81 bits per heavy atom. The Morgan fingerprint density at radius 2 is 2.06 bits per heavy atom. The van der Waals surface area contributed by atoms with Gasteiger partial charge < -0.3 is 10.2 Å². The van der Waals surface area contributed by atoms with E-state index in [2.05, 4.69) is 25.4 Å². The van der Waals surface area contributed by atoms with Gasteiger partial charge in [-0.25, -0.2) is 15.0 Å². The molecule has 5 heterocycles. The lowest BCUT2D eigenvalue weighted by Crippen LogP contribution is -2.36. The Bertz CT molecular complexity index is 1260. The van der Waals surface area contributed by atoms with Crippen molar-refractivity contribution in [1.29, 1.82) is 0 Å². The average molecular weight is 452 g/mol. The number of anilines is 2. The van der Waals surface area contributed by atoms with Crippen molar-refractivity contribution >= 4 is 39.5 Å². The maximum Gasteiger partial charge on any atom is 0.255 e. The molecule has 1 N–H and O–H groups in total. The van der Waals surface area contributed by atoms with Gasteiger partial charge in [0.1, 0.15) is 5.82 Å². The summed E-state index contributed by atoms with van der Waals surface area (Å²) in [4.78, 5) is 29.4. The highest BCUT2D eigenvalue weighted by Crippen LogP contribution is 2.32. The van der Waals surface area contributed by atoms with Crippen LogP contribution in [0.5, 0.6) is 0 Å². The minimum atomic E-state index is -0.0128. The van der Waals surface area contributed by atoms with Crippen LogP contribution in [0.3, 0.4) is 0 Å². The number of hydrogen-bond acceptors (Lipinski definition) is 8. The van der Waals surface area contributed by atoms with Crippen LogP contribution < -0.4 is 5.32 Å². The van der Waals surface area contributed by atoms with Gasteiger partial charge in [-0.3, -0.25) is 9.48 Å². The Hall–Kier alpha value is -3.11. The molecule has 0 unspecified atom stereocenters. The van der Waals surface area contributed by atoms with E-state index < -0.39 is 0 Å². The van der Waals surface area contributed by atoms with E-state index >= 15 is 0 Å². The summed E-state index contributed by atoms with van der Waals surface area (Å²) in [5.74, 6) is 0.643. The molecule has 8 nitrogen and oxygen atoms in total. The van der Waals surface area contributed by atoms with Gasteiger partial charge in [0.2, 0.25) is 0 Å². The minimum absolute atomic E-state index is 0.0128. The van der Waals surface area contributed by atoms with E-state index in [1.54, 1.807) is 17.5 Å². The molecule has 0 spiro atoms. The summed E-state index contributed by atoms with van der Waals surface area (Å²) in [6, 6.07) is 3.62. The fourth-order valence-corrected chi connectivity index (χ4v) is 5.42. The quantitative estimate of drug-likeness (QED) is 0.505.